The summed E-state index contributed by atoms with van der Waals surface area (Å²) < 4.78 is 0.925. The van der Waals surface area contributed by atoms with E-state index in [0.29, 0.717) is 5.13 Å². The molecule has 0 spiro atoms. The van der Waals surface area contributed by atoms with E-state index in [4.69, 9.17) is 0 Å². The van der Waals surface area contributed by atoms with E-state index in [1.165, 1.54) is 29.7 Å². The van der Waals surface area contributed by atoms with E-state index in [0.717, 1.165) is 10.2 Å². The number of carbonyl (C=O) groups is 2. The third-order valence-electron chi connectivity index (χ3n) is 2.76. The van der Waals surface area contributed by atoms with Gasteiger partial charge in [-0.1, -0.05) is 23.5 Å². The van der Waals surface area contributed by atoms with Gasteiger partial charge in [-0.05, 0) is 24.3 Å². The third kappa shape index (κ3) is 2.59. The van der Waals surface area contributed by atoms with Crippen LogP contribution in [0.25, 0.3) is 10.2 Å². The minimum absolute atomic E-state index is 0.197. The minimum atomic E-state index is -1.45. The summed E-state index contributed by atoms with van der Waals surface area (Å²) in [6, 6.07) is 10.1. The summed E-state index contributed by atoms with van der Waals surface area (Å²) >= 11 is 1.30. The van der Waals surface area contributed by atoms with E-state index in [1.807, 2.05) is 24.3 Å². The van der Waals surface area contributed by atoms with Crippen molar-refractivity contribution < 1.29 is 14.7 Å². The molecule has 1 amide bonds. The molecule has 0 saturated carbocycles. The van der Waals surface area contributed by atoms with Crippen LogP contribution in [0.2, 0.25) is 0 Å². The Morgan fingerprint density at radius 3 is 2.71 bits per heavy atom. The van der Waals surface area contributed by atoms with Crippen molar-refractivity contribution in [2.75, 3.05) is 5.32 Å². The van der Waals surface area contributed by atoms with Crippen LogP contribution in [0.15, 0.2) is 42.6 Å². The van der Waals surface area contributed by atoms with Crippen LogP contribution in [0.5, 0.6) is 0 Å². The van der Waals surface area contributed by atoms with Crippen LogP contribution >= 0.6 is 11.3 Å². The number of benzene rings is 1. The molecule has 1 N–H and O–H groups in total. The molecule has 21 heavy (non-hydrogen) atoms. The molecule has 104 valence electrons. The normalized spacial score (nSPS) is 10.5. The van der Waals surface area contributed by atoms with Crippen molar-refractivity contribution in [3.8, 4) is 0 Å². The summed E-state index contributed by atoms with van der Waals surface area (Å²) in [5.41, 5.74) is 0.312. The molecule has 2 aromatic heterocycles. The lowest BCUT2D eigenvalue weighted by Crippen LogP contribution is -2.27. The van der Waals surface area contributed by atoms with Crippen molar-refractivity contribution >= 4 is 38.6 Å². The fraction of sp³-hybridized carbons (Fsp3) is 0. The molecular formula is C14H8N3O3S-. The molecule has 7 heteroatoms. The number of carbonyl (C=O) groups excluding carboxylic acids is 2. The molecule has 0 aliphatic heterocycles. The molecule has 3 rings (SSSR count). The molecule has 0 fully saturated rings. The summed E-state index contributed by atoms with van der Waals surface area (Å²) in [7, 11) is 0. The number of hydrogen-bond donors (Lipinski definition) is 1. The first-order chi connectivity index (χ1) is 10.1. The zero-order valence-corrected chi connectivity index (χ0v) is 11.4. The molecule has 0 aliphatic rings. The van der Waals surface area contributed by atoms with Crippen LogP contribution in [0.4, 0.5) is 5.13 Å². The van der Waals surface area contributed by atoms with Gasteiger partial charge in [0.15, 0.2) is 5.13 Å². The van der Waals surface area contributed by atoms with E-state index >= 15 is 0 Å². The van der Waals surface area contributed by atoms with E-state index in [2.05, 4.69) is 15.3 Å². The third-order valence-corrected chi connectivity index (χ3v) is 3.71. The van der Waals surface area contributed by atoms with Crippen LogP contribution in [0, 0.1) is 0 Å². The summed E-state index contributed by atoms with van der Waals surface area (Å²) in [4.78, 5) is 31.1. The second-order valence-electron chi connectivity index (χ2n) is 4.13. The number of aromatic nitrogens is 2. The van der Waals surface area contributed by atoms with Crippen LogP contribution in [0.1, 0.15) is 20.8 Å². The van der Waals surface area contributed by atoms with Gasteiger partial charge < -0.3 is 9.90 Å². The molecule has 1 aromatic carbocycles. The van der Waals surface area contributed by atoms with Crippen molar-refractivity contribution in [2.45, 2.75) is 0 Å². The van der Waals surface area contributed by atoms with Crippen molar-refractivity contribution in [1.29, 1.82) is 0 Å². The number of pyridine rings is 1. The molecule has 0 atom stereocenters. The minimum Gasteiger partial charge on any atom is -0.545 e. The van der Waals surface area contributed by atoms with Gasteiger partial charge in [0.05, 0.1) is 16.2 Å². The second kappa shape index (κ2) is 5.29. The maximum absolute atomic E-state index is 12.1. The molecule has 0 unspecified atom stereocenters. The van der Waals surface area contributed by atoms with Crippen molar-refractivity contribution in [3.63, 3.8) is 0 Å². The number of nitrogens with zero attached hydrogens (tertiary/aromatic N) is 2. The van der Waals surface area contributed by atoms with Crippen LogP contribution in [-0.4, -0.2) is 21.8 Å². The average Bonchev–Trinajstić information content (AvgIpc) is 2.89. The first-order valence-electron chi connectivity index (χ1n) is 5.98. The smallest absolute Gasteiger partial charge is 0.276 e. The number of carboxylic acid groups (broad SMARTS) is 1. The summed E-state index contributed by atoms with van der Waals surface area (Å²) in [5, 5.41) is 13.9. The molecule has 0 bridgehead atoms. The van der Waals surface area contributed by atoms with Gasteiger partial charge in [-0.3, -0.25) is 15.1 Å². The van der Waals surface area contributed by atoms with Crippen LogP contribution in [0.3, 0.4) is 0 Å². The highest BCUT2D eigenvalue weighted by molar-refractivity contribution is 7.22. The number of thiazole rings is 1. The fourth-order valence-electron chi connectivity index (χ4n) is 1.83. The number of hydrogen-bond acceptors (Lipinski definition) is 6. The zero-order valence-electron chi connectivity index (χ0n) is 10.6. The molecule has 2 heterocycles. The first kappa shape index (κ1) is 13.2. The quantitative estimate of drug-likeness (QED) is 0.786. The topological polar surface area (TPSA) is 95.0 Å². The number of aromatic carboxylic acids is 1. The maximum Gasteiger partial charge on any atom is 0.276 e. The Morgan fingerprint density at radius 2 is 1.95 bits per heavy atom. The number of rotatable bonds is 3. The Labute approximate surface area is 123 Å². The molecule has 3 aromatic rings. The molecule has 0 saturated heterocycles. The Balaban J connectivity index is 1.91. The Morgan fingerprint density at radius 1 is 1.14 bits per heavy atom. The summed E-state index contributed by atoms with van der Waals surface area (Å²) in [6.45, 7) is 0. The monoisotopic (exact) mass is 298 g/mol. The Bertz CT molecular complexity index is 811. The number of fused-ring (bicyclic) bond motifs is 1. The van der Waals surface area contributed by atoms with Gasteiger partial charge in [-0.25, -0.2) is 4.98 Å². The lowest BCUT2D eigenvalue weighted by Gasteiger charge is -2.07. The van der Waals surface area contributed by atoms with Crippen molar-refractivity contribution in [3.05, 3.63) is 53.9 Å². The number of amides is 1. The zero-order chi connectivity index (χ0) is 14.8. The van der Waals surface area contributed by atoms with Gasteiger partial charge in [0.25, 0.3) is 5.91 Å². The average molecular weight is 298 g/mol. The largest absolute Gasteiger partial charge is 0.545 e. The molecule has 0 aliphatic carbocycles. The SMILES string of the molecule is O=C([O-])c1cccnc1C(=O)Nc1nc2ccccc2s1. The highest BCUT2D eigenvalue weighted by atomic mass is 32.1. The van der Waals surface area contributed by atoms with Gasteiger partial charge in [-0.2, -0.15) is 0 Å². The molecule has 0 radical (unpaired) electrons. The van der Waals surface area contributed by atoms with Gasteiger partial charge in [0, 0.05) is 11.8 Å². The van der Waals surface area contributed by atoms with E-state index < -0.39 is 11.9 Å². The van der Waals surface area contributed by atoms with E-state index in [1.54, 1.807) is 0 Å². The van der Waals surface area contributed by atoms with Gasteiger partial charge in [-0.15, -0.1) is 0 Å². The summed E-state index contributed by atoms with van der Waals surface area (Å²) in [5.74, 6) is -2.08. The maximum atomic E-state index is 12.1. The lowest BCUT2D eigenvalue weighted by atomic mass is 10.2. The highest BCUT2D eigenvalue weighted by Crippen LogP contribution is 2.25. The molecule has 6 nitrogen and oxygen atoms in total. The number of anilines is 1. The lowest BCUT2D eigenvalue weighted by molar-refractivity contribution is -0.255. The predicted octanol–water partition coefficient (Wildman–Crippen LogP) is 1.31. The van der Waals surface area contributed by atoms with Crippen molar-refractivity contribution in [2.24, 2.45) is 0 Å². The number of para-hydroxylation sites is 1. The fourth-order valence-corrected chi connectivity index (χ4v) is 2.69. The molecular weight excluding hydrogens is 290 g/mol. The predicted molar refractivity (Wildman–Crippen MR) is 76.1 cm³/mol. The number of nitrogens with one attached hydrogen (secondary N) is 1. The number of carboxylic acids is 1. The van der Waals surface area contributed by atoms with Crippen LogP contribution in [-0.2, 0) is 0 Å². The first-order valence-corrected chi connectivity index (χ1v) is 6.80. The van der Waals surface area contributed by atoms with Crippen molar-refractivity contribution in [1.82, 2.24) is 9.97 Å². The van der Waals surface area contributed by atoms with E-state index in [9.17, 15) is 14.7 Å². The second-order valence-corrected chi connectivity index (χ2v) is 5.16. The van der Waals surface area contributed by atoms with Gasteiger partial charge in [0.2, 0.25) is 0 Å². The van der Waals surface area contributed by atoms with Gasteiger partial charge >= 0.3 is 0 Å². The Kier molecular flexibility index (Phi) is 3.33. The standard InChI is InChI=1S/C14H9N3O3S/c18-12(11-8(13(19)20)4-3-7-15-11)17-14-16-9-5-1-2-6-10(9)21-14/h1-7H,(H,19,20)(H,16,17,18)/p-1. The van der Waals surface area contributed by atoms with Gasteiger partial charge in [0.1, 0.15) is 5.69 Å². The van der Waals surface area contributed by atoms with E-state index in [-0.39, 0.29) is 11.3 Å². The van der Waals surface area contributed by atoms with Crippen LogP contribution < -0.4 is 10.4 Å². The summed E-state index contributed by atoms with van der Waals surface area (Å²) in [6.07, 6.45) is 1.35. The highest BCUT2D eigenvalue weighted by Gasteiger charge is 2.15. The Hall–Kier alpha value is -2.80.